The lowest BCUT2D eigenvalue weighted by atomic mass is 9.89. The minimum absolute atomic E-state index is 0.0430. The molecule has 1 aliphatic heterocycles. The van der Waals surface area contributed by atoms with E-state index in [1.807, 2.05) is 6.07 Å². The number of hydrogen-bond donors (Lipinski definition) is 0. The molecule has 0 saturated carbocycles. The Bertz CT molecular complexity index is 1040. The molecule has 7 heteroatoms. The average Bonchev–Trinajstić information content (AvgIpc) is 2.82. The molecule has 1 aromatic carbocycles. The number of fused-ring (bicyclic) bond motifs is 3. The van der Waals surface area contributed by atoms with Crippen molar-refractivity contribution in [3.8, 4) is 11.5 Å². The van der Waals surface area contributed by atoms with Gasteiger partial charge in [0.1, 0.15) is 29.5 Å². The molecule has 1 atom stereocenters. The highest BCUT2D eigenvalue weighted by Crippen LogP contribution is 2.37. The van der Waals surface area contributed by atoms with Crippen LogP contribution in [0.15, 0.2) is 21.3 Å². The number of morpholine rings is 1. The Morgan fingerprint density at radius 1 is 1.06 bits per heavy atom. The maximum Gasteiger partial charge on any atom is 0.339 e. The average molecular weight is 472 g/mol. The third-order valence-electron chi connectivity index (χ3n) is 6.75. The first-order valence-electron chi connectivity index (χ1n) is 12.8. The van der Waals surface area contributed by atoms with E-state index >= 15 is 0 Å². The number of carbonyl (C=O) groups is 1. The number of rotatable bonds is 11. The van der Waals surface area contributed by atoms with E-state index in [1.54, 1.807) is 6.07 Å². The summed E-state index contributed by atoms with van der Waals surface area (Å²) in [7, 11) is 0. The van der Waals surface area contributed by atoms with Crippen molar-refractivity contribution in [2.24, 2.45) is 0 Å². The molecular weight excluding hydrogens is 434 g/mol. The van der Waals surface area contributed by atoms with Crippen LogP contribution < -0.4 is 15.1 Å². The summed E-state index contributed by atoms with van der Waals surface area (Å²) in [6.45, 7) is 8.80. The predicted molar refractivity (Wildman–Crippen MR) is 131 cm³/mol. The van der Waals surface area contributed by atoms with Crippen molar-refractivity contribution in [2.75, 3.05) is 39.5 Å². The van der Waals surface area contributed by atoms with Gasteiger partial charge in [-0.3, -0.25) is 9.69 Å². The SMILES string of the molecule is CCCCCCC(C)Oc1cc(OCCN2CCOCC2)c2c3c(c(=O)oc2c1)CCC(=O)C3. The highest BCUT2D eigenvalue weighted by molar-refractivity contribution is 5.94. The number of Topliss-reactive ketones (excluding diaryl/α,β-unsaturated/α-hetero) is 1. The summed E-state index contributed by atoms with van der Waals surface area (Å²) in [5, 5.41) is 0.729. The molecule has 2 aliphatic rings. The molecule has 0 radical (unpaired) electrons. The van der Waals surface area contributed by atoms with Gasteiger partial charge in [-0.1, -0.05) is 26.2 Å². The van der Waals surface area contributed by atoms with Crippen LogP contribution in [0.1, 0.15) is 63.5 Å². The van der Waals surface area contributed by atoms with Crippen LogP contribution in [0.4, 0.5) is 0 Å². The van der Waals surface area contributed by atoms with Crippen molar-refractivity contribution in [3.63, 3.8) is 0 Å². The lowest BCUT2D eigenvalue weighted by molar-refractivity contribution is -0.118. The van der Waals surface area contributed by atoms with E-state index in [4.69, 9.17) is 18.6 Å². The van der Waals surface area contributed by atoms with Gasteiger partial charge < -0.3 is 18.6 Å². The number of ketones is 1. The Morgan fingerprint density at radius 2 is 1.88 bits per heavy atom. The first-order chi connectivity index (χ1) is 16.5. The van der Waals surface area contributed by atoms with Crippen LogP contribution in [0.25, 0.3) is 11.0 Å². The minimum Gasteiger partial charge on any atom is -0.491 e. The molecule has 2 heterocycles. The zero-order chi connectivity index (χ0) is 23.9. The van der Waals surface area contributed by atoms with Gasteiger partial charge in [0, 0.05) is 50.2 Å². The molecule has 0 bridgehead atoms. The van der Waals surface area contributed by atoms with Crippen molar-refractivity contribution in [3.05, 3.63) is 33.7 Å². The fourth-order valence-corrected chi connectivity index (χ4v) is 4.82. The molecule has 1 aliphatic carbocycles. The van der Waals surface area contributed by atoms with Crippen LogP contribution in [0.5, 0.6) is 11.5 Å². The fraction of sp³-hybridized carbons (Fsp3) is 0.630. The van der Waals surface area contributed by atoms with Gasteiger partial charge in [-0.25, -0.2) is 4.79 Å². The molecule has 1 saturated heterocycles. The summed E-state index contributed by atoms with van der Waals surface area (Å²) in [6.07, 6.45) is 6.82. The molecule has 186 valence electrons. The quantitative estimate of drug-likeness (QED) is 0.357. The maximum absolute atomic E-state index is 12.7. The molecule has 0 N–H and O–H groups in total. The number of benzene rings is 1. The summed E-state index contributed by atoms with van der Waals surface area (Å²) in [5.74, 6) is 1.38. The molecule has 4 rings (SSSR count). The first-order valence-corrected chi connectivity index (χ1v) is 12.8. The van der Waals surface area contributed by atoms with Gasteiger partial charge >= 0.3 is 5.63 Å². The van der Waals surface area contributed by atoms with E-state index in [1.165, 1.54) is 19.3 Å². The third kappa shape index (κ3) is 6.19. The number of hydrogen-bond acceptors (Lipinski definition) is 7. The predicted octanol–water partition coefficient (Wildman–Crippen LogP) is 4.30. The zero-order valence-electron chi connectivity index (χ0n) is 20.5. The number of carbonyl (C=O) groups excluding carboxylic acids is 1. The molecular formula is C27H37NO6. The van der Waals surface area contributed by atoms with Crippen LogP contribution in [0.2, 0.25) is 0 Å². The van der Waals surface area contributed by atoms with Crippen molar-refractivity contribution in [1.82, 2.24) is 4.90 Å². The lowest BCUT2D eigenvalue weighted by Gasteiger charge is -2.26. The molecule has 1 unspecified atom stereocenters. The lowest BCUT2D eigenvalue weighted by Crippen LogP contribution is -2.38. The monoisotopic (exact) mass is 471 g/mol. The van der Waals surface area contributed by atoms with E-state index in [0.29, 0.717) is 42.1 Å². The molecule has 0 spiro atoms. The van der Waals surface area contributed by atoms with Gasteiger partial charge in [0.15, 0.2) is 0 Å². The van der Waals surface area contributed by atoms with E-state index < -0.39 is 0 Å². The molecule has 2 aromatic rings. The van der Waals surface area contributed by atoms with Crippen LogP contribution in [-0.4, -0.2) is 56.2 Å². The third-order valence-corrected chi connectivity index (χ3v) is 6.75. The van der Waals surface area contributed by atoms with Gasteiger partial charge in [0.25, 0.3) is 0 Å². The van der Waals surface area contributed by atoms with E-state index in [2.05, 4.69) is 18.7 Å². The standard InChI is InChI=1S/C27H37NO6/c1-3-4-5-6-7-19(2)33-21-17-24(32-15-12-28-10-13-31-14-11-28)26-23-16-20(29)8-9-22(23)27(30)34-25(26)18-21/h17-19H,3-16H2,1-2H3. The largest absolute Gasteiger partial charge is 0.491 e. The molecule has 1 aromatic heterocycles. The molecule has 34 heavy (non-hydrogen) atoms. The van der Waals surface area contributed by atoms with Crippen molar-refractivity contribution in [2.45, 2.75) is 71.3 Å². The van der Waals surface area contributed by atoms with E-state index in [-0.39, 0.29) is 23.9 Å². The van der Waals surface area contributed by atoms with Crippen LogP contribution in [0, 0.1) is 0 Å². The Hall–Kier alpha value is -2.38. The smallest absolute Gasteiger partial charge is 0.339 e. The summed E-state index contributed by atoms with van der Waals surface area (Å²) in [5.41, 5.74) is 1.42. The second-order valence-corrected chi connectivity index (χ2v) is 9.44. The highest BCUT2D eigenvalue weighted by Gasteiger charge is 2.25. The van der Waals surface area contributed by atoms with Gasteiger partial charge in [-0.2, -0.15) is 0 Å². The fourth-order valence-electron chi connectivity index (χ4n) is 4.82. The van der Waals surface area contributed by atoms with Gasteiger partial charge in [0.05, 0.1) is 24.7 Å². The van der Waals surface area contributed by atoms with Gasteiger partial charge in [-0.05, 0) is 31.7 Å². The van der Waals surface area contributed by atoms with Crippen LogP contribution >= 0.6 is 0 Å². The van der Waals surface area contributed by atoms with Gasteiger partial charge in [-0.15, -0.1) is 0 Å². The second kappa shape index (κ2) is 11.8. The number of unbranched alkanes of at least 4 members (excludes halogenated alkanes) is 3. The summed E-state index contributed by atoms with van der Waals surface area (Å²) in [6, 6.07) is 3.66. The molecule has 7 nitrogen and oxygen atoms in total. The normalized spacial score (nSPS) is 17.5. The Labute approximate surface area is 201 Å². The Kier molecular flexibility index (Phi) is 8.62. The van der Waals surface area contributed by atoms with Crippen LogP contribution in [0.3, 0.4) is 0 Å². The summed E-state index contributed by atoms with van der Waals surface area (Å²) < 4.78 is 23.6. The minimum atomic E-state index is -0.362. The van der Waals surface area contributed by atoms with Crippen molar-refractivity contribution < 1.29 is 23.4 Å². The highest BCUT2D eigenvalue weighted by atomic mass is 16.5. The van der Waals surface area contributed by atoms with Crippen LogP contribution in [-0.2, 0) is 22.4 Å². The maximum atomic E-state index is 12.7. The van der Waals surface area contributed by atoms with Crippen molar-refractivity contribution >= 4 is 16.8 Å². The van der Waals surface area contributed by atoms with E-state index in [0.717, 1.165) is 56.6 Å². The summed E-state index contributed by atoms with van der Waals surface area (Å²) >= 11 is 0. The first kappa shape index (κ1) is 24.7. The Morgan fingerprint density at radius 3 is 2.68 bits per heavy atom. The Balaban J connectivity index is 1.59. The number of nitrogens with zero attached hydrogens (tertiary/aromatic N) is 1. The van der Waals surface area contributed by atoms with Crippen molar-refractivity contribution in [1.29, 1.82) is 0 Å². The van der Waals surface area contributed by atoms with E-state index in [9.17, 15) is 9.59 Å². The molecule has 0 amide bonds. The molecule has 1 fully saturated rings. The van der Waals surface area contributed by atoms with Gasteiger partial charge in [0.2, 0.25) is 0 Å². The summed E-state index contributed by atoms with van der Waals surface area (Å²) in [4.78, 5) is 27.2. The number of ether oxygens (including phenoxy) is 3. The second-order valence-electron chi connectivity index (χ2n) is 9.44. The zero-order valence-corrected chi connectivity index (χ0v) is 20.5. The topological polar surface area (TPSA) is 78.2 Å².